The predicted octanol–water partition coefficient (Wildman–Crippen LogP) is 2.47. The number of nitrogens with one attached hydrogen (secondary N) is 1. The molecule has 0 heterocycles. The molecule has 0 saturated carbocycles. The minimum absolute atomic E-state index is 0.0664. The van der Waals surface area contributed by atoms with E-state index >= 15 is 0 Å². The van der Waals surface area contributed by atoms with Crippen LogP contribution in [0.4, 0.5) is 5.69 Å². The molecular formula is C12H17NO3. The molecular weight excluding hydrogens is 206 g/mol. The maximum absolute atomic E-state index is 11.6. The Morgan fingerprint density at radius 2 is 1.75 bits per heavy atom. The maximum Gasteiger partial charge on any atom is 0.225 e. The van der Waals surface area contributed by atoms with Crippen LogP contribution in [-0.4, -0.2) is 16.1 Å². The van der Waals surface area contributed by atoms with Gasteiger partial charge in [-0.25, -0.2) is 0 Å². The molecule has 1 amide bonds. The summed E-state index contributed by atoms with van der Waals surface area (Å²) >= 11 is 0. The van der Waals surface area contributed by atoms with Crippen LogP contribution < -0.4 is 5.32 Å². The van der Waals surface area contributed by atoms with Crippen LogP contribution in [0.1, 0.15) is 27.2 Å². The number of phenols is 2. The van der Waals surface area contributed by atoms with Gasteiger partial charge in [0, 0.05) is 6.42 Å². The van der Waals surface area contributed by atoms with E-state index in [4.69, 9.17) is 0 Å². The lowest BCUT2D eigenvalue weighted by Crippen LogP contribution is -2.19. The first-order valence-corrected chi connectivity index (χ1v) is 5.10. The van der Waals surface area contributed by atoms with E-state index in [-0.39, 0.29) is 28.5 Å². The maximum atomic E-state index is 11.6. The number of para-hydroxylation sites is 1. The Kier molecular flexibility index (Phi) is 3.42. The van der Waals surface area contributed by atoms with E-state index in [1.807, 2.05) is 20.8 Å². The molecule has 4 heteroatoms. The second kappa shape index (κ2) is 4.43. The fraction of sp³-hybridized carbons (Fsp3) is 0.417. The highest BCUT2D eigenvalue weighted by molar-refractivity contribution is 5.94. The minimum Gasteiger partial charge on any atom is -0.506 e. The quantitative estimate of drug-likeness (QED) is 0.674. The summed E-state index contributed by atoms with van der Waals surface area (Å²) in [5.74, 6) is -0.506. The summed E-state index contributed by atoms with van der Waals surface area (Å²) in [6.45, 7) is 5.83. The largest absolute Gasteiger partial charge is 0.506 e. The Hall–Kier alpha value is -1.71. The minimum atomic E-state index is -0.232. The molecule has 0 aliphatic heterocycles. The number of phenolic OH excluding ortho intramolecular Hbond substituents is 2. The summed E-state index contributed by atoms with van der Waals surface area (Å²) in [7, 11) is 0. The monoisotopic (exact) mass is 223 g/mol. The molecule has 0 fully saturated rings. The van der Waals surface area contributed by atoms with Gasteiger partial charge in [0.2, 0.25) is 5.91 Å². The van der Waals surface area contributed by atoms with Gasteiger partial charge in [-0.15, -0.1) is 0 Å². The van der Waals surface area contributed by atoms with E-state index in [2.05, 4.69) is 5.32 Å². The van der Waals surface area contributed by atoms with Crippen LogP contribution in [0.15, 0.2) is 18.2 Å². The smallest absolute Gasteiger partial charge is 0.225 e. The molecule has 1 aromatic carbocycles. The molecule has 88 valence electrons. The van der Waals surface area contributed by atoms with Gasteiger partial charge in [-0.1, -0.05) is 26.8 Å². The molecule has 16 heavy (non-hydrogen) atoms. The zero-order valence-electron chi connectivity index (χ0n) is 9.74. The second-order valence-electron chi connectivity index (χ2n) is 4.96. The van der Waals surface area contributed by atoms with Crippen molar-refractivity contribution in [3.05, 3.63) is 18.2 Å². The molecule has 0 spiro atoms. The third-order valence-electron chi connectivity index (χ3n) is 1.98. The fourth-order valence-electron chi connectivity index (χ4n) is 1.32. The van der Waals surface area contributed by atoms with E-state index < -0.39 is 0 Å². The fourth-order valence-corrected chi connectivity index (χ4v) is 1.32. The molecule has 0 aliphatic rings. The number of rotatable bonds is 2. The number of hydrogen-bond donors (Lipinski definition) is 3. The van der Waals surface area contributed by atoms with E-state index in [0.29, 0.717) is 6.42 Å². The Bertz CT molecular complexity index is 373. The summed E-state index contributed by atoms with van der Waals surface area (Å²) in [6.07, 6.45) is 0.320. The second-order valence-corrected chi connectivity index (χ2v) is 4.96. The van der Waals surface area contributed by atoms with Crippen LogP contribution in [0.5, 0.6) is 11.5 Å². The standard InChI is InChI=1S/C12H17NO3/c1-12(2,3)7-10(16)13-11-8(14)5-4-6-9(11)15/h4-6,14-15H,7H2,1-3H3,(H,13,16). The van der Waals surface area contributed by atoms with Crippen molar-refractivity contribution in [3.8, 4) is 11.5 Å². The molecule has 0 radical (unpaired) electrons. The summed E-state index contributed by atoms with van der Waals surface area (Å²) in [6, 6.07) is 4.32. The normalized spacial score (nSPS) is 11.2. The van der Waals surface area contributed by atoms with E-state index in [9.17, 15) is 15.0 Å². The first-order valence-electron chi connectivity index (χ1n) is 5.10. The van der Waals surface area contributed by atoms with Gasteiger partial charge in [0.1, 0.15) is 17.2 Å². The number of carbonyl (C=O) groups excluding carboxylic acids is 1. The SMILES string of the molecule is CC(C)(C)CC(=O)Nc1c(O)cccc1O. The van der Waals surface area contributed by atoms with Crippen molar-refractivity contribution in [3.63, 3.8) is 0 Å². The van der Waals surface area contributed by atoms with Crippen LogP contribution in [0.25, 0.3) is 0 Å². The van der Waals surface area contributed by atoms with Crippen LogP contribution in [0, 0.1) is 5.41 Å². The van der Waals surface area contributed by atoms with Crippen molar-refractivity contribution in [1.82, 2.24) is 0 Å². The van der Waals surface area contributed by atoms with Crippen molar-refractivity contribution in [2.75, 3.05) is 5.32 Å². The lowest BCUT2D eigenvalue weighted by Gasteiger charge is -2.17. The molecule has 0 saturated heterocycles. The van der Waals surface area contributed by atoms with E-state index in [0.717, 1.165) is 0 Å². The highest BCUT2D eigenvalue weighted by Crippen LogP contribution is 2.33. The van der Waals surface area contributed by atoms with Gasteiger partial charge in [-0.2, -0.15) is 0 Å². The van der Waals surface area contributed by atoms with Crippen molar-refractivity contribution >= 4 is 11.6 Å². The van der Waals surface area contributed by atoms with Gasteiger partial charge in [0.05, 0.1) is 0 Å². The summed E-state index contributed by atoms with van der Waals surface area (Å²) in [4.78, 5) is 11.6. The predicted molar refractivity (Wildman–Crippen MR) is 62.5 cm³/mol. The van der Waals surface area contributed by atoms with Crippen LogP contribution >= 0.6 is 0 Å². The van der Waals surface area contributed by atoms with Crippen molar-refractivity contribution in [2.24, 2.45) is 5.41 Å². The molecule has 1 rings (SSSR count). The zero-order valence-corrected chi connectivity index (χ0v) is 9.74. The lowest BCUT2D eigenvalue weighted by atomic mass is 9.92. The first kappa shape index (κ1) is 12.4. The summed E-state index contributed by atoms with van der Waals surface area (Å²) in [5.41, 5.74) is -0.0684. The van der Waals surface area contributed by atoms with Crippen molar-refractivity contribution in [2.45, 2.75) is 27.2 Å². The summed E-state index contributed by atoms with van der Waals surface area (Å²) in [5, 5.41) is 21.4. The van der Waals surface area contributed by atoms with E-state index in [1.165, 1.54) is 18.2 Å². The lowest BCUT2D eigenvalue weighted by molar-refractivity contribution is -0.117. The first-order chi connectivity index (χ1) is 7.29. The summed E-state index contributed by atoms with van der Waals surface area (Å²) < 4.78 is 0. The van der Waals surface area contributed by atoms with E-state index in [1.54, 1.807) is 0 Å². The van der Waals surface area contributed by atoms with Gasteiger partial charge in [-0.05, 0) is 17.5 Å². The van der Waals surface area contributed by atoms with Crippen LogP contribution in [0.3, 0.4) is 0 Å². The highest BCUT2D eigenvalue weighted by atomic mass is 16.3. The molecule has 3 N–H and O–H groups in total. The number of carbonyl (C=O) groups is 1. The molecule has 0 unspecified atom stereocenters. The molecule has 1 aromatic rings. The number of amides is 1. The molecule has 0 aliphatic carbocycles. The molecule has 0 bridgehead atoms. The van der Waals surface area contributed by atoms with Crippen LogP contribution in [-0.2, 0) is 4.79 Å². The Morgan fingerprint density at radius 3 is 2.19 bits per heavy atom. The number of aromatic hydroxyl groups is 2. The van der Waals surface area contributed by atoms with Crippen LogP contribution in [0.2, 0.25) is 0 Å². The third kappa shape index (κ3) is 3.46. The Morgan fingerprint density at radius 1 is 1.25 bits per heavy atom. The van der Waals surface area contributed by atoms with Gasteiger partial charge in [0.25, 0.3) is 0 Å². The number of anilines is 1. The average Bonchev–Trinajstić information content (AvgIpc) is 2.08. The third-order valence-corrected chi connectivity index (χ3v) is 1.98. The van der Waals surface area contributed by atoms with Gasteiger partial charge >= 0.3 is 0 Å². The number of hydrogen-bond acceptors (Lipinski definition) is 3. The van der Waals surface area contributed by atoms with Gasteiger partial charge in [0.15, 0.2) is 0 Å². The molecule has 0 aromatic heterocycles. The molecule has 0 atom stereocenters. The van der Waals surface area contributed by atoms with Gasteiger partial charge in [-0.3, -0.25) is 4.79 Å². The van der Waals surface area contributed by atoms with Crippen molar-refractivity contribution in [1.29, 1.82) is 0 Å². The molecule has 4 nitrogen and oxygen atoms in total. The topological polar surface area (TPSA) is 69.6 Å². The van der Waals surface area contributed by atoms with Crippen molar-refractivity contribution < 1.29 is 15.0 Å². The average molecular weight is 223 g/mol. The number of benzene rings is 1. The highest BCUT2D eigenvalue weighted by Gasteiger charge is 2.18. The zero-order chi connectivity index (χ0) is 12.3. The van der Waals surface area contributed by atoms with Gasteiger partial charge < -0.3 is 15.5 Å². The Labute approximate surface area is 94.9 Å². The Balaban J connectivity index is 2.78.